The standard InChI is InChI=1S/C14H24O3/c1-10(2)12-5-4-11(3)6-14(12)16-8-13(7-15-13)9-17-14/h10-12H,4-9H2,1-3H3. The van der Waals surface area contributed by atoms with Crippen molar-refractivity contribution in [3.63, 3.8) is 0 Å². The van der Waals surface area contributed by atoms with Crippen molar-refractivity contribution in [2.45, 2.75) is 51.4 Å². The Morgan fingerprint density at radius 1 is 1.00 bits per heavy atom. The maximum absolute atomic E-state index is 6.18. The van der Waals surface area contributed by atoms with E-state index in [1.165, 1.54) is 12.8 Å². The second kappa shape index (κ2) is 3.94. The SMILES string of the molecule is CC1CCC(C(C)C)C2(C1)OCC1(CO1)CO2. The van der Waals surface area contributed by atoms with Crippen molar-refractivity contribution in [2.24, 2.45) is 17.8 Å². The first-order chi connectivity index (χ1) is 8.05. The van der Waals surface area contributed by atoms with Crippen LogP contribution >= 0.6 is 0 Å². The Kier molecular flexibility index (Phi) is 2.77. The van der Waals surface area contributed by atoms with Crippen molar-refractivity contribution < 1.29 is 14.2 Å². The predicted molar refractivity (Wildman–Crippen MR) is 64.7 cm³/mol. The molecule has 2 atom stereocenters. The molecule has 2 aliphatic heterocycles. The summed E-state index contributed by atoms with van der Waals surface area (Å²) in [5, 5.41) is 0. The lowest BCUT2D eigenvalue weighted by Crippen LogP contribution is -2.56. The van der Waals surface area contributed by atoms with Gasteiger partial charge in [0.2, 0.25) is 0 Å². The fraction of sp³-hybridized carbons (Fsp3) is 1.00. The second-order valence-electron chi connectivity index (χ2n) is 6.60. The fourth-order valence-electron chi connectivity index (χ4n) is 3.46. The van der Waals surface area contributed by atoms with Gasteiger partial charge in [0, 0.05) is 12.3 Å². The zero-order valence-electron chi connectivity index (χ0n) is 11.2. The summed E-state index contributed by atoms with van der Waals surface area (Å²) in [4.78, 5) is 0. The Morgan fingerprint density at radius 3 is 2.12 bits per heavy atom. The molecule has 0 aromatic heterocycles. The first-order valence-electron chi connectivity index (χ1n) is 6.97. The Morgan fingerprint density at radius 2 is 1.59 bits per heavy atom. The van der Waals surface area contributed by atoms with Gasteiger partial charge in [0.15, 0.2) is 5.79 Å². The molecule has 1 saturated carbocycles. The van der Waals surface area contributed by atoms with Crippen LogP contribution in [-0.4, -0.2) is 31.2 Å². The van der Waals surface area contributed by atoms with E-state index in [0.717, 1.165) is 26.2 Å². The van der Waals surface area contributed by atoms with E-state index in [4.69, 9.17) is 14.2 Å². The number of epoxide rings is 1. The molecule has 2 saturated heterocycles. The van der Waals surface area contributed by atoms with Crippen LogP contribution in [0.5, 0.6) is 0 Å². The van der Waals surface area contributed by atoms with Crippen LogP contribution in [0.15, 0.2) is 0 Å². The molecule has 3 nitrogen and oxygen atoms in total. The smallest absolute Gasteiger partial charge is 0.171 e. The minimum Gasteiger partial charge on any atom is -0.365 e. The van der Waals surface area contributed by atoms with E-state index in [2.05, 4.69) is 20.8 Å². The first-order valence-corrected chi connectivity index (χ1v) is 6.97. The van der Waals surface area contributed by atoms with Crippen molar-refractivity contribution in [3.05, 3.63) is 0 Å². The van der Waals surface area contributed by atoms with Gasteiger partial charge >= 0.3 is 0 Å². The monoisotopic (exact) mass is 240 g/mol. The van der Waals surface area contributed by atoms with Crippen LogP contribution in [0.4, 0.5) is 0 Å². The van der Waals surface area contributed by atoms with E-state index >= 15 is 0 Å². The fourth-order valence-corrected chi connectivity index (χ4v) is 3.46. The molecule has 17 heavy (non-hydrogen) atoms. The van der Waals surface area contributed by atoms with Gasteiger partial charge in [-0.3, -0.25) is 0 Å². The Balaban J connectivity index is 1.76. The molecule has 3 aliphatic rings. The minimum atomic E-state index is -0.316. The van der Waals surface area contributed by atoms with Crippen LogP contribution in [0.3, 0.4) is 0 Å². The van der Waals surface area contributed by atoms with Crippen LogP contribution in [0.1, 0.15) is 40.0 Å². The molecule has 0 radical (unpaired) electrons. The number of rotatable bonds is 1. The molecule has 98 valence electrons. The summed E-state index contributed by atoms with van der Waals surface area (Å²) in [5.41, 5.74) is -0.0759. The molecule has 3 rings (SSSR count). The van der Waals surface area contributed by atoms with Crippen LogP contribution in [0.2, 0.25) is 0 Å². The summed E-state index contributed by atoms with van der Waals surface area (Å²) in [7, 11) is 0. The Hall–Kier alpha value is -0.120. The van der Waals surface area contributed by atoms with E-state index < -0.39 is 0 Å². The number of hydrogen-bond donors (Lipinski definition) is 0. The van der Waals surface area contributed by atoms with Gasteiger partial charge in [0.1, 0.15) is 5.60 Å². The molecule has 0 amide bonds. The Labute approximate surface area is 104 Å². The summed E-state index contributed by atoms with van der Waals surface area (Å²) in [6.07, 6.45) is 3.58. The maximum atomic E-state index is 6.18. The largest absolute Gasteiger partial charge is 0.365 e. The lowest BCUT2D eigenvalue weighted by Gasteiger charge is -2.50. The van der Waals surface area contributed by atoms with Crippen molar-refractivity contribution in [3.8, 4) is 0 Å². The average molecular weight is 240 g/mol. The quantitative estimate of drug-likeness (QED) is 0.660. The number of ether oxygens (including phenoxy) is 3. The molecule has 1 aliphatic carbocycles. The van der Waals surface area contributed by atoms with Gasteiger partial charge in [-0.2, -0.15) is 0 Å². The summed E-state index contributed by atoms with van der Waals surface area (Å²) < 4.78 is 17.8. The Bertz CT molecular complexity index is 286. The third kappa shape index (κ3) is 2.02. The highest BCUT2D eigenvalue weighted by Gasteiger charge is 2.57. The molecule has 0 N–H and O–H groups in total. The third-order valence-electron chi connectivity index (χ3n) is 4.68. The van der Waals surface area contributed by atoms with E-state index in [9.17, 15) is 0 Å². The molecule has 0 aromatic carbocycles. The lowest BCUT2D eigenvalue weighted by atomic mass is 9.72. The lowest BCUT2D eigenvalue weighted by molar-refractivity contribution is -0.331. The van der Waals surface area contributed by atoms with Crippen molar-refractivity contribution in [1.29, 1.82) is 0 Å². The zero-order chi connectivity index (χ0) is 12.1. The van der Waals surface area contributed by atoms with Gasteiger partial charge in [-0.05, 0) is 18.3 Å². The minimum absolute atomic E-state index is 0.0759. The molecule has 2 heterocycles. The van der Waals surface area contributed by atoms with Gasteiger partial charge in [0.05, 0.1) is 19.8 Å². The van der Waals surface area contributed by atoms with Gasteiger partial charge in [-0.25, -0.2) is 0 Å². The summed E-state index contributed by atoms with van der Waals surface area (Å²) in [6.45, 7) is 9.14. The van der Waals surface area contributed by atoms with Crippen LogP contribution < -0.4 is 0 Å². The third-order valence-corrected chi connectivity index (χ3v) is 4.68. The molecular formula is C14H24O3. The highest BCUT2D eigenvalue weighted by Crippen LogP contribution is 2.48. The van der Waals surface area contributed by atoms with E-state index in [0.29, 0.717) is 17.8 Å². The highest BCUT2D eigenvalue weighted by molar-refractivity contribution is 4.99. The van der Waals surface area contributed by atoms with Gasteiger partial charge in [0.25, 0.3) is 0 Å². The second-order valence-corrected chi connectivity index (χ2v) is 6.60. The van der Waals surface area contributed by atoms with Crippen LogP contribution in [0, 0.1) is 17.8 Å². The number of hydrogen-bond acceptors (Lipinski definition) is 3. The van der Waals surface area contributed by atoms with E-state index in [1.807, 2.05) is 0 Å². The van der Waals surface area contributed by atoms with Crippen molar-refractivity contribution >= 4 is 0 Å². The normalized spacial score (nSPS) is 50.1. The summed E-state index contributed by atoms with van der Waals surface area (Å²) >= 11 is 0. The summed E-state index contributed by atoms with van der Waals surface area (Å²) in [6, 6.07) is 0. The predicted octanol–water partition coefficient (Wildman–Crippen LogP) is 2.59. The molecule has 3 fully saturated rings. The van der Waals surface area contributed by atoms with Gasteiger partial charge < -0.3 is 14.2 Å². The average Bonchev–Trinajstić information content (AvgIpc) is 3.03. The zero-order valence-corrected chi connectivity index (χ0v) is 11.2. The van der Waals surface area contributed by atoms with Crippen molar-refractivity contribution in [1.82, 2.24) is 0 Å². The highest BCUT2D eigenvalue weighted by atomic mass is 16.7. The molecular weight excluding hydrogens is 216 g/mol. The molecule has 3 heteroatoms. The molecule has 0 aromatic rings. The molecule has 2 unspecified atom stereocenters. The summed E-state index contributed by atoms with van der Waals surface area (Å²) in [5.74, 6) is 1.55. The molecule has 0 bridgehead atoms. The van der Waals surface area contributed by atoms with Gasteiger partial charge in [-0.15, -0.1) is 0 Å². The van der Waals surface area contributed by atoms with E-state index in [1.54, 1.807) is 0 Å². The van der Waals surface area contributed by atoms with E-state index in [-0.39, 0.29) is 11.4 Å². The van der Waals surface area contributed by atoms with Crippen molar-refractivity contribution in [2.75, 3.05) is 19.8 Å². The first kappa shape index (κ1) is 11.9. The van der Waals surface area contributed by atoms with Crippen LogP contribution in [-0.2, 0) is 14.2 Å². The van der Waals surface area contributed by atoms with Gasteiger partial charge in [-0.1, -0.05) is 27.2 Å². The topological polar surface area (TPSA) is 31.0 Å². The molecule has 2 spiro atoms. The maximum Gasteiger partial charge on any atom is 0.171 e. The van der Waals surface area contributed by atoms with Crippen LogP contribution in [0.25, 0.3) is 0 Å².